The number of benzene rings is 2. The van der Waals surface area contributed by atoms with Crippen LogP contribution in [0.15, 0.2) is 53.5 Å². The molecule has 1 amide bonds. The van der Waals surface area contributed by atoms with Gasteiger partial charge in [0.15, 0.2) is 12.6 Å². The number of ether oxygens (including phenoxy) is 2. The van der Waals surface area contributed by atoms with Crippen LogP contribution in [0, 0.1) is 0 Å². The highest BCUT2D eigenvalue weighted by atomic mass is 127. The molecule has 0 heterocycles. The predicted octanol–water partition coefficient (Wildman–Crippen LogP) is 2.87. The Kier molecular flexibility index (Phi) is 12.3. The van der Waals surface area contributed by atoms with E-state index in [4.69, 9.17) is 15.2 Å². The number of aryl methyl sites for hydroxylation is 1. The van der Waals surface area contributed by atoms with E-state index in [-0.39, 0.29) is 30.6 Å². The van der Waals surface area contributed by atoms with E-state index in [9.17, 15) is 4.79 Å². The van der Waals surface area contributed by atoms with Gasteiger partial charge >= 0.3 is 0 Å². The number of nitrogens with zero attached hydrogens (tertiary/aromatic N) is 1. The molecule has 2 rings (SSSR count). The van der Waals surface area contributed by atoms with Crippen molar-refractivity contribution in [2.24, 2.45) is 10.7 Å². The van der Waals surface area contributed by atoms with Gasteiger partial charge in [0.05, 0.1) is 7.11 Å². The van der Waals surface area contributed by atoms with Crippen molar-refractivity contribution in [2.45, 2.75) is 25.8 Å². The molecule has 4 N–H and O–H groups in total. The van der Waals surface area contributed by atoms with Gasteiger partial charge in [0.2, 0.25) is 0 Å². The molecule has 0 fully saturated rings. The zero-order valence-electron chi connectivity index (χ0n) is 17.5. The number of nitrogens with two attached hydrogens (primary N) is 1. The molecule has 8 heteroatoms. The van der Waals surface area contributed by atoms with E-state index in [1.807, 2.05) is 30.3 Å². The van der Waals surface area contributed by atoms with Crippen LogP contribution in [0.1, 0.15) is 24.0 Å². The van der Waals surface area contributed by atoms with Crippen molar-refractivity contribution in [3.8, 4) is 11.5 Å². The van der Waals surface area contributed by atoms with Crippen LogP contribution in [0.25, 0.3) is 0 Å². The van der Waals surface area contributed by atoms with E-state index in [0.29, 0.717) is 12.3 Å². The van der Waals surface area contributed by atoms with Gasteiger partial charge in [0.1, 0.15) is 11.5 Å². The van der Waals surface area contributed by atoms with Crippen LogP contribution in [-0.2, 0) is 17.8 Å². The summed E-state index contributed by atoms with van der Waals surface area (Å²) in [5.74, 6) is 1.75. The SMILES string of the molecule is CN=C(NCCCCc1ccc(OC)cc1)NCc1cccc(OCC(N)=O)c1.I. The summed E-state index contributed by atoms with van der Waals surface area (Å²) >= 11 is 0. The van der Waals surface area contributed by atoms with Gasteiger partial charge in [-0.3, -0.25) is 9.79 Å². The molecule has 0 atom stereocenters. The number of rotatable bonds is 11. The molecule has 0 radical (unpaired) electrons. The van der Waals surface area contributed by atoms with Crippen molar-refractivity contribution in [3.05, 3.63) is 59.7 Å². The Morgan fingerprint density at radius 2 is 1.80 bits per heavy atom. The summed E-state index contributed by atoms with van der Waals surface area (Å²) in [6.07, 6.45) is 3.18. The minimum atomic E-state index is -0.495. The Morgan fingerprint density at radius 3 is 2.47 bits per heavy atom. The van der Waals surface area contributed by atoms with E-state index >= 15 is 0 Å². The number of carbonyl (C=O) groups is 1. The fourth-order valence-corrected chi connectivity index (χ4v) is 2.76. The van der Waals surface area contributed by atoms with Crippen LogP contribution in [0.2, 0.25) is 0 Å². The number of halogens is 1. The zero-order valence-corrected chi connectivity index (χ0v) is 19.8. The van der Waals surface area contributed by atoms with Crippen molar-refractivity contribution < 1.29 is 14.3 Å². The molecule has 7 nitrogen and oxygen atoms in total. The number of amides is 1. The average Bonchev–Trinajstić information content (AvgIpc) is 2.75. The number of aliphatic imine (C=N–C) groups is 1. The molecule has 30 heavy (non-hydrogen) atoms. The van der Waals surface area contributed by atoms with E-state index in [1.54, 1.807) is 20.2 Å². The number of unbranched alkanes of at least 4 members (excludes halogenated alkanes) is 1. The van der Waals surface area contributed by atoms with Gasteiger partial charge in [0, 0.05) is 20.1 Å². The molecule has 0 aliphatic rings. The average molecular weight is 526 g/mol. The maximum absolute atomic E-state index is 10.8. The Balaban J connectivity index is 0.00000450. The minimum absolute atomic E-state index is 0. The topological polar surface area (TPSA) is 98.0 Å². The molecule has 0 saturated carbocycles. The maximum atomic E-state index is 10.8. The van der Waals surface area contributed by atoms with E-state index in [1.165, 1.54) is 5.56 Å². The molecule has 0 bridgehead atoms. The van der Waals surface area contributed by atoms with E-state index in [2.05, 4.69) is 27.8 Å². The summed E-state index contributed by atoms with van der Waals surface area (Å²) in [5.41, 5.74) is 7.44. The van der Waals surface area contributed by atoms with Crippen LogP contribution in [-0.4, -0.2) is 39.2 Å². The van der Waals surface area contributed by atoms with E-state index < -0.39 is 5.91 Å². The first-order valence-corrected chi connectivity index (χ1v) is 9.68. The van der Waals surface area contributed by atoms with Crippen LogP contribution in [0.3, 0.4) is 0 Å². The molecular formula is C22H31IN4O3. The summed E-state index contributed by atoms with van der Waals surface area (Å²) < 4.78 is 10.5. The summed E-state index contributed by atoms with van der Waals surface area (Å²) in [5, 5.41) is 6.60. The van der Waals surface area contributed by atoms with Gasteiger partial charge in [-0.1, -0.05) is 24.3 Å². The monoisotopic (exact) mass is 526 g/mol. The lowest BCUT2D eigenvalue weighted by molar-refractivity contribution is -0.119. The summed E-state index contributed by atoms with van der Waals surface area (Å²) in [7, 11) is 3.43. The third-order valence-electron chi connectivity index (χ3n) is 4.31. The molecular weight excluding hydrogens is 495 g/mol. The highest BCUT2D eigenvalue weighted by Crippen LogP contribution is 2.14. The van der Waals surface area contributed by atoms with Crippen LogP contribution < -0.4 is 25.8 Å². The summed E-state index contributed by atoms with van der Waals surface area (Å²) in [6.45, 7) is 1.31. The quantitative estimate of drug-likeness (QED) is 0.181. The lowest BCUT2D eigenvalue weighted by atomic mass is 10.1. The highest BCUT2D eigenvalue weighted by Gasteiger charge is 2.02. The maximum Gasteiger partial charge on any atom is 0.255 e. The minimum Gasteiger partial charge on any atom is -0.497 e. The van der Waals surface area contributed by atoms with Crippen LogP contribution in [0.4, 0.5) is 0 Å². The number of hydrogen-bond donors (Lipinski definition) is 3. The second-order valence-electron chi connectivity index (χ2n) is 6.56. The standard InChI is InChI=1S/C22H30N4O3.HI/c1-24-22(25-13-4-3-6-17-9-11-19(28-2)12-10-17)26-15-18-7-5-8-20(14-18)29-16-21(23)27;/h5,7-12,14H,3-4,6,13,15-16H2,1-2H3,(H2,23,27)(H2,24,25,26);1H. The smallest absolute Gasteiger partial charge is 0.255 e. The first-order chi connectivity index (χ1) is 14.1. The molecule has 0 aliphatic heterocycles. The first kappa shape index (κ1) is 25.5. The fraction of sp³-hybridized carbons (Fsp3) is 0.364. The lowest BCUT2D eigenvalue weighted by Gasteiger charge is -2.13. The van der Waals surface area contributed by atoms with Crippen molar-refractivity contribution in [1.82, 2.24) is 10.6 Å². The Hall–Kier alpha value is -2.49. The van der Waals surface area contributed by atoms with Gasteiger partial charge in [-0.15, -0.1) is 24.0 Å². The Labute approximate surface area is 195 Å². The molecule has 2 aromatic rings. The summed E-state index contributed by atoms with van der Waals surface area (Å²) in [6, 6.07) is 15.7. The third kappa shape index (κ3) is 9.82. The van der Waals surface area contributed by atoms with Crippen molar-refractivity contribution in [1.29, 1.82) is 0 Å². The number of methoxy groups -OCH3 is 1. The largest absolute Gasteiger partial charge is 0.497 e. The molecule has 0 spiro atoms. The van der Waals surface area contributed by atoms with Gasteiger partial charge < -0.3 is 25.8 Å². The van der Waals surface area contributed by atoms with Crippen LogP contribution >= 0.6 is 24.0 Å². The number of guanidine groups is 1. The molecule has 0 aromatic heterocycles. The van der Waals surface area contributed by atoms with Crippen LogP contribution in [0.5, 0.6) is 11.5 Å². The first-order valence-electron chi connectivity index (χ1n) is 9.68. The molecule has 0 saturated heterocycles. The second-order valence-corrected chi connectivity index (χ2v) is 6.56. The van der Waals surface area contributed by atoms with Gasteiger partial charge in [-0.05, 0) is 54.7 Å². The highest BCUT2D eigenvalue weighted by molar-refractivity contribution is 14.0. The zero-order chi connectivity index (χ0) is 20.9. The molecule has 0 unspecified atom stereocenters. The van der Waals surface area contributed by atoms with E-state index in [0.717, 1.165) is 43.1 Å². The number of nitrogens with one attached hydrogen (secondary N) is 2. The normalized spacial score (nSPS) is 10.7. The third-order valence-corrected chi connectivity index (χ3v) is 4.31. The Bertz CT molecular complexity index is 797. The number of hydrogen-bond acceptors (Lipinski definition) is 4. The Morgan fingerprint density at radius 1 is 1.03 bits per heavy atom. The molecule has 164 valence electrons. The van der Waals surface area contributed by atoms with Gasteiger partial charge in [0.25, 0.3) is 5.91 Å². The summed E-state index contributed by atoms with van der Waals surface area (Å²) in [4.78, 5) is 15.1. The molecule has 2 aromatic carbocycles. The lowest BCUT2D eigenvalue weighted by Crippen LogP contribution is -2.37. The second kappa shape index (κ2) is 14.5. The van der Waals surface area contributed by atoms with Crippen molar-refractivity contribution in [2.75, 3.05) is 27.3 Å². The number of primary amides is 1. The van der Waals surface area contributed by atoms with Crippen molar-refractivity contribution in [3.63, 3.8) is 0 Å². The molecule has 0 aliphatic carbocycles. The number of carbonyl (C=O) groups excluding carboxylic acids is 1. The van der Waals surface area contributed by atoms with Crippen molar-refractivity contribution >= 4 is 35.8 Å². The van der Waals surface area contributed by atoms with Gasteiger partial charge in [-0.25, -0.2) is 0 Å². The van der Waals surface area contributed by atoms with Gasteiger partial charge in [-0.2, -0.15) is 0 Å². The predicted molar refractivity (Wildman–Crippen MR) is 131 cm³/mol. The fourth-order valence-electron chi connectivity index (χ4n) is 2.76.